The molecule has 0 aliphatic rings. The Morgan fingerprint density at radius 1 is 1.23 bits per heavy atom. The molecule has 0 aromatic heterocycles. The molecule has 0 radical (unpaired) electrons. The Morgan fingerprint density at radius 2 is 1.82 bits per heavy atom. The fraction of sp³-hybridized carbons (Fsp3) is 0.357. The van der Waals surface area contributed by atoms with Crippen molar-refractivity contribution in [3.8, 4) is 5.75 Å². The third kappa shape index (κ3) is 7.13. The second-order valence-electron chi connectivity index (χ2n) is 5.39. The molecule has 8 heteroatoms. The van der Waals surface area contributed by atoms with Crippen molar-refractivity contribution in [3.05, 3.63) is 29.8 Å². The molecule has 8 nitrogen and oxygen atoms in total. The van der Waals surface area contributed by atoms with E-state index in [4.69, 9.17) is 9.84 Å². The average molecular weight is 309 g/mol. The van der Waals surface area contributed by atoms with E-state index in [1.807, 2.05) is 5.32 Å². The van der Waals surface area contributed by atoms with Gasteiger partial charge in [0.2, 0.25) is 5.96 Å². The summed E-state index contributed by atoms with van der Waals surface area (Å²) >= 11 is 0. The highest BCUT2D eigenvalue weighted by Gasteiger charge is 2.17. The molecule has 0 aliphatic carbocycles. The van der Waals surface area contributed by atoms with Crippen LogP contribution in [0.4, 0.5) is 9.59 Å². The number of hydrogen-bond donors (Lipinski definition) is 4. The van der Waals surface area contributed by atoms with Crippen LogP contribution in [0.2, 0.25) is 0 Å². The lowest BCUT2D eigenvalue weighted by Crippen LogP contribution is -2.40. The summed E-state index contributed by atoms with van der Waals surface area (Å²) in [5.74, 6) is -0.120. The first kappa shape index (κ1) is 17.3. The van der Waals surface area contributed by atoms with Crippen LogP contribution in [0.1, 0.15) is 26.3 Å². The number of carbonyl (C=O) groups excluding carboxylic acids is 1. The van der Waals surface area contributed by atoms with Crippen molar-refractivity contribution in [3.63, 3.8) is 0 Å². The molecule has 0 heterocycles. The lowest BCUT2D eigenvalue weighted by Gasteiger charge is -2.18. The van der Waals surface area contributed by atoms with E-state index in [9.17, 15) is 14.7 Å². The van der Waals surface area contributed by atoms with Crippen molar-refractivity contribution < 1.29 is 24.5 Å². The summed E-state index contributed by atoms with van der Waals surface area (Å²) in [6.07, 6.45) is -2.27. The zero-order valence-corrected chi connectivity index (χ0v) is 12.6. The number of carbonyl (C=O) groups is 2. The van der Waals surface area contributed by atoms with Crippen molar-refractivity contribution in [2.24, 2.45) is 4.99 Å². The molecule has 1 aromatic carbocycles. The van der Waals surface area contributed by atoms with E-state index in [1.54, 1.807) is 32.9 Å². The van der Waals surface area contributed by atoms with Crippen molar-refractivity contribution in [2.45, 2.75) is 32.9 Å². The molecule has 4 N–H and O–H groups in total. The molecule has 1 aromatic rings. The standard InChI is InChI=1S/C14H19N3O5/c1-14(2,3)22-13(21)17-11(16-12(19)20)15-8-9-4-6-10(18)7-5-9/h4-7,18H,8H2,1-3H3,(H,19,20)(H2,15,16,17,21). The largest absolute Gasteiger partial charge is 0.508 e. The first-order valence-corrected chi connectivity index (χ1v) is 6.49. The van der Waals surface area contributed by atoms with Crippen LogP contribution in [0.5, 0.6) is 5.75 Å². The highest BCUT2D eigenvalue weighted by Crippen LogP contribution is 2.09. The third-order valence-electron chi connectivity index (χ3n) is 2.22. The van der Waals surface area contributed by atoms with Gasteiger partial charge in [-0.1, -0.05) is 12.1 Å². The fourth-order valence-corrected chi connectivity index (χ4v) is 1.39. The van der Waals surface area contributed by atoms with Crippen LogP contribution in [-0.4, -0.2) is 34.0 Å². The zero-order chi connectivity index (χ0) is 16.8. The van der Waals surface area contributed by atoms with Gasteiger partial charge in [-0.05, 0) is 38.5 Å². The predicted molar refractivity (Wildman–Crippen MR) is 79.8 cm³/mol. The Bertz CT molecular complexity index is 561. The number of carboxylic acid groups (broad SMARTS) is 1. The second-order valence-corrected chi connectivity index (χ2v) is 5.39. The average Bonchev–Trinajstić information content (AvgIpc) is 2.34. The van der Waals surface area contributed by atoms with Gasteiger partial charge in [0.25, 0.3) is 0 Å². The number of ether oxygens (including phenoxy) is 1. The van der Waals surface area contributed by atoms with Gasteiger partial charge in [0.1, 0.15) is 11.4 Å². The van der Waals surface area contributed by atoms with Crippen LogP contribution in [0.25, 0.3) is 0 Å². The molecule has 0 unspecified atom stereocenters. The summed E-state index contributed by atoms with van der Waals surface area (Å²) in [7, 11) is 0. The number of benzene rings is 1. The van der Waals surface area contributed by atoms with Gasteiger partial charge < -0.3 is 20.3 Å². The van der Waals surface area contributed by atoms with Gasteiger partial charge in [0, 0.05) is 6.54 Å². The Kier molecular flexibility index (Phi) is 5.73. The molecule has 0 fully saturated rings. The van der Waals surface area contributed by atoms with Gasteiger partial charge in [0.15, 0.2) is 0 Å². The van der Waals surface area contributed by atoms with E-state index < -0.39 is 17.8 Å². The normalized spacial score (nSPS) is 11.7. The van der Waals surface area contributed by atoms with Crippen LogP contribution in [0.3, 0.4) is 0 Å². The quantitative estimate of drug-likeness (QED) is 0.490. The number of phenols is 1. The zero-order valence-electron chi connectivity index (χ0n) is 12.6. The third-order valence-corrected chi connectivity index (χ3v) is 2.22. The minimum absolute atomic E-state index is 0.120. The maximum atomic E-state index is 11.6. The number of nitrogens with one attached hydrogen (secondary N) is 2. The van der Waals surface area contributed by atoms with Gasteiger partial charge in [-0.2, -0.15) is 0 Å². The molecular formula is C14H19N3O5. The molecule has 0 bridgehead atoms. The van der Waals surface area contributed by atoms with Crippen molar-refractivity contribution in [1.29, 1.82) is 0 Å². The number of aromatic hydroxyl groups is 1. The number of amides is 2. The summed E-state index contributed by atoms with van der Waals surface area (Å²) in [5, 5.41) is 22.6. The van der Waals surface area contributed by atoms with Crippen molar-refractivity contribution >= 4 is 18.1 Å². The molecule has 120 valence electrons. The van der Waals surface area contributed by atoms with Crippen LogP contribution < -0.4 is 10.6 Å². The Balaban J connectivity index is 2.73. The van der Waals surface area contributed by atoms with Gasteiger partial charge in [-0.25, -0.2) is 9.59 Å². The van der Waals surface area contributed by atoms with Crippen LogP contribution in [-0.2, 0) is 11.3 Å². The summed E-state index contributed by atoms with van der Waals surface area (Å²) in [6.45, 7) is 5.24. The molecule has 0 spiro atoms. The molecular weight excluding hydrogens is 290 g/mol. The van der Waals surface area contributed by atoms with E-state index in [-0.39, 0.29) is 18.3 Å². The second kappa shape index (κ2) is 7.30. The summed E-state index contributed by atoms with van der Waals surface area (Å²) in [4.78, 5) is 25.8. The maximum Gasteiger partial charge on any atom is 0.437 e. The molecule has 0 aliphatic heterocycles. The SMILES string of the molecule is CC(C)(C)OC(=O)N=C(NCc1ccc(O)cc1)NC(=O)O. The minimum Gasteiger partial charge on any atom is -0.508 e. The van der Waals surface area contributed by atoms with E-state index in [1.165, 1.54) is 12.1 Å². The van der Waals surface area contributed by atoms with E-state index in [0.717, 1.165) is 5.56 Å². The van der Waals surface area contributed by atoms with Crippen LogP contribution in [0.15, 0.2) is 29.3 Å². The van der Waals surface area contributed by atoms with E-state index >= 15 is 0 Å². The predicted octanol–water partition coefficient (Wildman–Crippen LogP) is 2.04. The molecule has 1 rings (SSSR count). The van der Waals surface area contributed by atoms with Crippen LogP contribution in [0, 0.1) is 0 Å². The molecule has 0 saturated carbocycles. The van der Waals surface area contributed by atoms with Gasteiger partial charge >= 0.3 is 12.2 Å². The highest BCUT2D eigenvalue weighted by atomic mass is 16.6. The number of phenolic OH excluding ortho intramolecular Hbond substituents is 1. The Hall–Kier alpha value is -2.77. The Labute approximate surface area is 127 Å². The van der Waals surface area contributed by atoms with Gasteiger partial charge in [-0.15, -0.1) is 4.99 Å². The van der Waals surface area contributed by atoms with Gasteiger partial charge in [-0.3, -0.25) is 5.32 Å². The maximum absolute atomic E-state index is 11.6. The lowest BCUT2D eigenvalue weighted by atomic mass is 10.2. The topological polar surface area (TPSA) is 120 Å². The highest BCUT2D eigenvalue weighted by molar-refractivity contribution is 5.98. The lowest BCUT2D eigenvalue weighted by molar-refractivity contribution is 0.0603. The monoisotopic (exact) mass is 309 g/mol. The molecule has 2 amide bonds. The number of guanidine groups is 1. The molecule has 0 atom stereocenters. The number of hydrogen-bond acceptors (Lipinski definition) is 4. The number of nitrogens with zero attached hydrogens (tertiary/aromatic N) is 1. The van der Waals surface area contributed by atoms with E-state index in [2.05, 4.69) is 10.3 Å². The summed E-state index contributed by atoms with van der Waals surface area (Å²) in [6, 6.07) is 6.28. The van der Waals surface area contributed by atoms with E-state index in [0.29, 0.717) is 0 Å². The Morgan fingerprint density at radius 3 is 2.32 bits per heavy atom. The van der Waals surface area contributed by atoms with Gasteiger partial charge in [0.05, 0.1) is 0 Å². The smallest absolute Gasteiger partial charge is 0.437 e. The summed E-state index contributed by atoms with van der Waals surface area (Å²) < 4.78 is 4.99. The fourth-order valence-electron chi connectivity index (χ4n) is 1.39. The first-order chi connectivity index (χ1) is 10.2. The van der Waals surface area contributed by atoms with Crippen molar-refractivity contribution in [2.75, 3.05) is 0 Å². The minimum atomic E-state index is -1.36. The summed E-state index contributed by atoms with van der Waals surface area (Å²) in [5.41, 5.74) is 0.0353. The van der Waals surface area contributed by atoms with Crippen molar-refractivity contribution in [1.82, 2.24) is 10.6 Å². The number of rotatable bonds is 2. The molecule has 0 saturated heterocycles. The first-order valence-electron chi connectivity index (χ1n) is 6.49. The molecule has 22 heavy (non-hydrogen) atoms. The van der Waals surface area contributed by atoms with Crippen LogP contribution >= 0.6 is 0 Å². The number of aliphatic imine (C=N–C) groups is 1.